The van der Waals surface area contributed by atoms with Crippen LogP contribution in [0.5, 0.6) is 0 Å². The first-order valence-electron chi connectivity index (χ1n) is 13.4. The molecule has 2 aromatic carbocycles. The van der Waals surface area contributed by atoms with Crippen LogP contribution in [-0.2, 0) is 22.6 Å². The smallest absolute Gasteiger partial charge is 0.242 e. The normalized spacial score (nSPS) is 11.5. The number of hydrogen-bond acceptors (Lipinski definition) is 3. The molecule has 6 nitrogen and oxygen atoms in total. The van der Waals surface area contributed by atoms with Gasteiger partial charge in [-0.05, 0) is 47.6 Å². The molecule has 0 fully saturated rings. The van der Waals surface area contributed by atoms with E-state index in [1.807, 2.05) is 37.3 Å². The lowest BCUT2D eigenvalue weighted by molar-refractivity contribution is -0.142. The van der Waals surface area contributed by atoms with Crippen LogP contribution in [0.25, 0.3) is 10.9 Å². The Morgan fingerprint density at radius 1 is 0.892 bits per heavy atom. The highest BCUT2D eigenvalue weighted by atomic mass is 16.2. The second-order valence-corrected chi connectivity index (χ2v) is 11.4. The molecule has 0 aliphatic rings. The van der Waals surface area contributed by atoms with Gasteiger partial charge in [-0.2, -0.15) is 0 Å². The molecule has 0 bridgehead atoms. The van der Waals surface area contributed by atoms with Crippen LogP contribution in [0, 0.1) is 5.41 Å². The van der Waals surface area contributed by atoms with Gasteiger partial charge in [-0.3, -0.25) is 9.59 Å². The van der Waals surface area contributed by atoms with Gasteiger partial charge in [0.15, 0.2) is 0 Å². The quantitative estimate of drug-likeness (QED) is 0.336. The minimum atomic E-state index is -0.117. The van der Waals surface area contributed by atoms with Crippen LogP contribution in [-0.4, -0.2) is 60.3 Å². The van der Waals surface area contributed by atoms with Gasteiger partial charge in [0, 0.05) is 62.9 Å². The number of fused-ring (bicyclic) bond motifs is 1. The summed E-state index contributed by atoms with van der Waals surface area (Å²) in [5.74, 6) is 0.0519. The maximum absolute atomic E-state index is 13.7. The van der Waals surface area contributed by atoms with Crippen molar-refractivity contribution in [2.45, 2.75) is 59.9 Å². The first kappa shape index (κ1) is 28.3. The zero-order valence-corrected chi connectivity index (χ0v) is 23.5. The number of rotatable bonds is 12. The van der Waals surface area contributed by atoms with Gasteiger partial charge < -0.3 is 19.7 Å². The lowest BCUT2D eigenvalue weighted by atomic mass is 9.91. The monoisotopic (exact) mass is 504 g/mol. The third kappa shape index (κ3) is 8.38. The fraction of sp³-hybridized carbons (Fsp3) is 0.484. The lowest BCUT2D eigenvalue weighted by Gasteiger charge is -2.30. The Bertz CT molecular complexity index is 1160. The summed E-state index contributed by atoms with van der Waals surface area (Å²) in [6.07, 6.45) is 5.10. The highest BCUT2D eigenvalue weighted by Gasteiger charge is 2.25. The molecular formula is C31H44N4O2. The number of hydrogen-bond donors (Lipinski definition) is 1. The van der Waals surface area contributed by atoms with Gasteiger partial charge in [-0.25, -0.2) is 0 Å². The van der Waals surface area contributed by atoms with Crippen LogP contribution in [0.15, 0.2) is 54.7 Å². The number of H-pyrrole nitrogens is 1. The molecule has 1 heterocycles. The van der Waals surface area contributed by atoms with Crippen LogP contribution in [0.2, 0.25) is 0 Å². The first-order valence-corrected chi connectivity index (χ1v) is 13.4. The zero-order valence-electron chi connectivity index (χ0n) is 23.5. The molecule has 0 saturated carbocycles. The van der Waals surface area contributed by atoms with Crippen LogP contribution in [0.4, 0.5) is 5.69 Å². The molecule has 200 valence electrons. The van der Waals surface area contributed by atoms with Crippen molar-refractivity contribution in [3.05, 3.63) is 65.9 Å². The fourth-order valence-corrected chi connectivity index (χ4v) is 4.48. The maximum atomic E-state index is 13.7. The topological polar surface area (TPSA) is 59.7 Å². The largest absolute Gasteiger partial charge is 0.378 e. The molecule has 3 rings (SSSR count). The highest BCUT2D eigenvalue weighted by Crippen LogP contribution is 2.22. The van der Waals surface area contributed by atoms with E-state index in [1.54, 1.807) is 4.90 Å². The number of unbranched alkanes of at least 4 members (excludes halogenated alkanes) is 1. The van der Waals surface area contributed by atoms with E-state index < -0.39 is 0 Å². The molecule has 37 heavy (non-hydrogen) atoms. The number of amides is 2. The van der Waals surface area contributed by atoms with Gasteiger partial charge in [0.25, 0.3) is 0 Å². The molecule has 0 aliphatic carbocycles. The van der Waals surface area contributed by atoms with Crippen LogP contribution < -0.4 is 4.90 Å². The van der Waals surface area contributed by atoms with Crippen molar-refractivity contribution in [1.82, 2.24) is 14.8 Å². The van der Waals surface area contributed by atoms with Crippen LogP contribution in [0.3, 0.4) is 0 Å². The summed E-state index contributed by atoms with van der Waals surface area (Å²) >= 11 is 0. The summed E-state index contributed by atoms with van der Waals surface area (Å²) in [7, 11) is 4.04. The number of carbonyl (C=O) groups excluding carboxylic acids is 2. The minimum Gasteiger partial charge on any atom is -0.378 e. The molecule has 6 heteroatoms. The van der Waals surface area contributed by atoms with Crippen molar-refractivity contribution in [3.63, 3.8) is 0 Å². The summed E-state index contributed by atoms with van der Waals surface area (Å²) in [5.41, 5.74) is 4.39. The Morgan fingerprint density at radius 2 is 1.59 bits per heavy atom. The Morgan fingerprint density at radius 3 is 2.24 bits per heavy atom. The molecule has 2 amide bonds. The number of nitrogens with one attached hydrogen (secondary N) is 1. The summed E-state index contributed by atoms with van der Waals surface area (Å²) in [5, 5.41) is 1.19. The zero-order chi connectivity index (χ0) is 27.0. The first-order chi connectivity index (χ1) is 17.6. The van der Waals surface area contributed by atoms with E-state index in [-0.39, 0.29) is 23.8 Å². The van der Waals surface area contributed by atoms with Gasteiger partial charge >= 0.3 is 0 Å². The molecule has 0 spiro atoms. The van der Waals surface area contributed by atoms with E-state index in [0.717, 1.165) is 36.0 Å². The van der Waals surface area contributed by atoms with Crippen LogP contribution >= 0.6 is 0 Å². The van der Waals surface area contributed by atoms with Gasteiger partial charge in [-0.1, -0.05) is 64.4 Å². The summed E-state index contributed by atoms with van der Waals surface area (Å²) in [6, 6.07) is 16.6. The molecule has 0 saturated heterocycles. The summed E-state index contributed by atoms with van der Waals surface area (Å²) < 4.78 is 0. The average molecular weight is 505 g/mol. The molecule has 1 N–H and O–H groups in total. The average Bonchev–Trinajstić information content (AvgIpc) is 3.26. The number of benzene rings is 2. The van der Waals surface area contributed by atoms with Crippen molar-refractivity contribution in [2.24, 2.45) is 5.41 Å². The Balaban J connectivity index is 1.79. The van der Waals surface area contributed by atoms with E-state index in [0.29, 0.717) is 26.1 Å². The Labute approximate surface area is 222 Å². The predicted octanol–water partition coefficient (Wildman–Crippen LogP) is 5.87. The predicted molar refractivity (Wildman–Crippen MR) is 154 cm³/mol. The summed E-state index contributed by atoms with van der Waals surface area (Å²) in [6.45, 7) is 10.2. The Hall–Kier alpha value is -3.28. The van der Waals surface area contributed by atoms with Crippen molar-refractivity contribution in [3.8, 4) is 0 Å². The number of para-hydroxylation sites is 1. The lowest BCUT2D eigenvalue weighted by Crippen LogP contribution is -2.44. The molecule has 3 aromatic rings. The minimum absolute atomic E-state index is 0.00473. The molecular weight excluding hydrogens is 460 g/mol. The van der Waals surface area contributed by atoms with Gasteiger partial charge in [0.2, 0.25) is 11.8 Å². The van der Waals surface area contributed by atoms with Crippen molar-refractivity contribution >= 4 is 28.4 Å². The Kier molecular flexibility index (Phi) is 9.79. The molecule has 0 unspecified atom stereocenters. The standard InChI is InChI=1S/C31H44N4O2/c1-7-8-18-34(29(36)20-31(2,3)4)23-30(37)35(22-24-13-15-26(16-14-24)33(5)6)19-17-25-21-32-28-12-10-9-11-27(25)28/h9-16,21,32H,7-8,17-20,22-23H2,1-6H3. The van der Waals surface area contributed by atoms with Crippen LogP contribution in [0.1, 0.15) is 58.1 Å². The van der Waals surface area contributed by atoms with Gasteiger partial charge in [-0.15, -0.1) is 0 Å². The SMILES string of the molecule is CCCCN(CC(=O)N(CCc1c[nH]c2ccccc12)Cc1ccc(N(C)C)cc1)C(=O)CC(C)(C)C. The molecule has 0 radical (unpaired) electrons. The van der Waals surface area contributed by atoms with Gasteiger partial charge in [0.05, 0.1) is 6.54 Å². The number of carbonyl (C=O) groups is 2. The van der Waals surface area contributed by atoms with Crippen molar-refractivity contribution in [1.29, 1.82) is 0 Å². The van der Waals surface area contributed by atoms with E-state index in [2.05, 4.69) is 74.0 Å². The number of aromatic amines is 1. The number of nitrogens with zero attached hydrogens (tertiary/aromatic N) is 3. The van der Waals surface area contributed by atoms with E-state index in [4.69, 9.17) is 0 Å². The second kappa shape index (κ2) is 12.8. The van der Waals surface area contributed by atoms with E-state index >= 15 is 0 Å². The van der Waals surface area contributed by atoms with E-state index in [9.17, 15) is 9.59 Å². The fourth-order valence-electron chi connectivity index (χ4n) is 4.48. The van der Waals surface area contributed by atoms with E-state index in [1.165, 1.54) is 10.9 Å². The van der Waals surface area contributed by atoms with Gasteiger partial charge in [0.1, 0.15) is 0 Å². The number of anilines is 1. The maximum Gasteiger partial charge on any atom is 0.242 e. The highest BCUT2D eigenvalue weighted by molar-refractivity contribution is 5.85. The molecule has 0 atom stereocenters. The molecule has 1 aromatic heterocycles. The number of aromatic nitrogens is 1. The third-order valence-electron chi connectivity index (χ3n) is 6.65. The van der Waals surface area contributed by atoms with Crippen molar-refractivity contribution in [2.75, 3.05) is 38.6 Å². The summed E-state index contributed by atoms with van der Waals surface area (Å²) in [4.78, 5) is 35.9. The molecule has 0 aliphatic heterocycles. The third-order valence-corrected chi connectivity index (χ3v) is 6.65. The second-order valence-electron chi connectivity index (χ2n) is 11.4. The van der Waals surface area contributed by atoms with Crippen molar-refractivity contribution < 1.29 is 9.59 Å².